The van der Waals surface area contributed by atoms with Crippen molar-refractivity contribution in [2.24, 2.45) is 0 Å². The summed E-state index contributed by atoms with van der Waals surface area (Å²) in [5.74, 6) is 0. The molecule has 0 radical (unpaired) electrons. The smallest absolute Gasteiger partial charge is 0.259 e. The second kappa shape index (κ2) is 11.8. The number of hydrogen-bond donors (Lipinski definition) is 0. The summed E-state index contributed by atoms with van der Waals surface area (Å²) in [6.45, 7) is 5.21. The van der Waals surface area contributed by atoms with Gasteiger partial charge in [-0.25, -0.2) is 0 Å². The number of aromatic nitrogens is 1. The van der Waals surface area contributed by atoms with Gasteiger partial charge in [0.1, 0.15) is 0 Å². The van der Waals surface area contributed by atoms with Crippen LogP contribution >= 0.6 is 0 Å². The summed E-state index contributed by atoms with van der Waals surface area (Å²) in [4.78, 5) is 2.10. The molecule has 21 heavy (non-hydrogen) atoms. The standard InChI is InChI=1S/C17H31N2O.ClH/c1-5-6-7-8-9-10-15-20-16(2)19-13-11-17(12-14-19)18(3)4;/h11-14,16H,5-10,15H2,1-4H3;1H/q+1;/p-1. The molecule has 1 rings (SSSR count). The van der Waals surface area contributed by atoms with Crippen molar-refractivity contribution in [3.63, 3.8) is 0 Å². The van der Waals surface area contributed by atoms with Gasteiger partial charge in [-0.3, -0.25) is 0 Å². The number of nitrogens with zero attached hydrogens (tertiary/aromatic N) is 2. The number of rotatable bonds is 10. The lowest BCUT2D eigenvalue weighted by Crippen LogP contribution is -3.00. The normalized spacial score (nSPS) is 11.8. The van der Waals surface area contributed by atoms with Crippen molar-refractivity contribution < 1.29 is 21.7 Å². The summed E-state index contributed by atoms with van der Waals surface area (Å²) in [6.07, 6.45) is 12.1. The van der Waals surface area contributed by atoms with Crippen LogP contribution in [0.15, 0.2) is 24.5 Å². The molecule has 0 fully saturated rings. The number of anilines is 1. The highest BCUT2D eigenvalue weighted by Crippen LogP contribution is 2.09. The molecule has 1 heterocycles. The maximum atomic E-state index is 5.88. The van der Waals surface area contributed by atoms with Crippen LogP contribution in [0.1, 0.15) is 58.6 Å². The Kier molecular flexibility index (Phi) is 11.4. The predicted molar refractivity (Wildman–Crippen MR) is 85.0 cm³/mol. The number of hydrogen-bond acceptors (Lipinski definition) is 2. The van der Waals surface area contributed by atoms with E-state index in [-0.39, 0.29) is 18.6 Å². The Morgan fingerprint density at radius 1 is 1.05 bits per heavy atom. The minimum Gasteiger partial charge on any atom is -1.00 e. The van der Waals surface area contributed by atoms with Gasteiger partial charge in [-0.1, -0.05) is 39.0 Å². The molecule has 0 amide bonds. The molecule has 0 spiro atoms. The van der Waals surface area contributed by atoms with Crippen LogP contribution in [0.2, 0.25) is 0 Å². The van der Waals surface area contributed by atoms with E-state index in [4.69, 9.17) is 4.74 Å². The number of unbranched alkanes of at least 4 members (excludes halogenated alkanes) is 5. The molecule has 0 saturated carbocycles. The molecule has 1 unspecified atom stereocenters. The fourth-order valence-corrected chi connectivity index (χ4v) is 2.19. The number of pyridine rings is 1. The van der Waals surface area contributed by atoms with Crippen LogP contribution in [0.5, 0.6) is 0 Å². The Morgan fingerprint density at radius 3 is 2.19 bits per heavy atom. The first kappa shape index (κ1) is 20.2. The molecular weight excluding hydrogens is 284 g/mol. The number of ether oxygens (including phenoxy) is 1. The van der Waals surface area contributed by atoms with Crippen LogP contribution in [-0.4, -0.2) is 20.7 Å². The van der Waals surface area contributed by atoms with E-state index >= 15 is 0 Å². The van der Waals surface area contributed by atoms with Gasteiger partial charge in [0.25, 0.3) is 6.23 Å². The molecule has 0 aliphatic heterocycles. The fraction of sp³-hybridized carbons (Fsp3) is 0.706. The van der Waals surface area contributed by atoms with Crippen molar-refractivity contribution in [1.29, 1.82) is 0 Å². The zero-order valence-electron chi connectivity index (χ0n) is 14.0. The van der Waals surface area contributed by atoms with Crippen molar-refractivity contribution in [3.05, 3.63) is 24.5 Å². The van der Waals surface area contributed by atoms with Crippen LogP contribution in [0, 0.1) is 0 Å². The van der Waals surface area contributed by atoms with E-state index in [2.05, 4.69) is 61.9 Å². The minimum atomic E-state index is 0. The maximum absolute atomic E-state index is 5.88. The second-order valence-electron chi connectivity index (χ2n) is 5.64. The van der Waals surface area contributed by atoms with E-state index in [1.54, 1.807) is 0 Å². The van der Waals surface area contributed by atoms with E-state index in [0.717, 1.165) is 6.61 Å². The summed E-state index contributed by atoms with van der Waals surface area (Å²) in [5, 5.41) is 0. The highest BCUT2D eigenvalue weighted by atomic mass is 35.5. The molecule has 0 N–H and O–H groups in total. The second-order valence-corrected chi connectivity index (χ2v) is 5.64. The Labute approximate surface area is 136 Å². The Bertz CT molecular complexity index is 354. The monoisotopic (exact) mass is 314 g/mol. The molecule has 122 valence electrons. The molecule has 0 bridgehead atoms. The molecule has 0 aromatic carbocycles. The van der Waals surface area contributed by atoms with Crippen molar-refractivity contribution in [1.82, 2.24) is 0 Å². The molecule has 1 atom stereocenters. The van der Waals surface area contributed by atoms with Crippen molar-refractivity contribution in [2.75, 3.05) is 25.6 Å². The maximum Gasteiger partial charge on any atom is 0.259 e. The lowest BCUT2D eigenvalue weighted by Gasteiger charge is -2.12. The van der Waals surface area contributed by atoms with Gasteiger partial charge < -0.3 is 22.0 Å². The summed E-state index contributed by atoms with van der Waals surface area (Å²) in [5.41, 5.74) is 1.21. The number of halogens is 1. The Hall–Kier alpha value is -0.800. The van der Waals surface area contributed by atoms with Crippen LogP contribution in [-0.2, 0) is 4.74 Å². The van der Waals surface area contributed by atoms with Crippen LogP contribution < -0.4 is 21.9 Å². The third kappa shape index (κ3) is 8.27. The first-order valence-corrected chi connectivity index (χ1v) is 7.95. The van der Waals surface area contributed by atoms with E-state index < -0.39 is 0 Å². The molecule has 0 saturated heterocycles. The highest BCUT2D eigenvalue weighted by Gasteiger charge is 2.11. The average molecular weight is 315 g/mol. The molecule has 3 nitrogen and oxygen atoms in total. The van der Waals surface area contributed by atoms with Crippen molar-refractivity contribution in [3.8, 4) is 0 Å². The first-order valence-electron chi connectivity index (χ1n) is 7.95. The third-order valence-corrected chi connectivity index (χ3v) is 3.63. The van der Waals surface area contributed by atoms with Crippen LogP contribution in [0.3, 0.4) is 0 Å². The zero-order chi connectivity index (χ0) is 14.8. The third-order valence-electron chi connectivity index (χ3n) is 3.63. The lowest BCUT2D eigenvalue weighted by atomic mass is 10.1. The van der Waals surface area contributed by atoms with Crippen LogP contribution in [0.4, 0.5) is 5.69 Å². The van der Waals surface area contributed by atoms with Gasteiger partial charge in [0.05, 0.1) is 6.61 Å². The van der Waals surface area contributed by atoms with Crippen molar-refractivity contribution >= 4 is 5.69 Å². The zero-order valence-corrected chi connectivity index (χ0v) is 14.8. The predicted octanol–water partition coefficient (Wildman–Crippen LogP) is 0.940. The van der Waals surface area contributed by atoms with Gasteiger partial charge in [-0.15, -0.1) is 0 Å². The molecule has 1 aromatic heterocycles. The summed E-state index contributed by atoms with van der Waals surface area (Å²) in [7, 11) is 4.11. The quantitative estimate of drug-likeness (QED) is 0.472. The van der Waals surface area contributed by atoms with Crippen LogP contribution in [0.25, 0.3) is 0 Å². The van der Waals surface area contributed by atoms with E-state index in [9.17, 15) is 0 Å². The summed E-state index contributed by atoms with van der Waals surface area (Å²) in [6, 6.07) is 4.23. The molecular formula is C17H31ClN2O. The summed E-state index contributed by atoms with van der Waals surface area (Å²) < 4.78 is 8.00. The van der Waals surface area contributed by atoms with Gasteiger partial charge in [-0.2, -0.15) is 4.57 Å². The van der Waals surface area contributed by atoms with Gasteiger partial charge in [0.2, 0.25) is 0 Å². The van der Waals surface area contributed by atoms with E-state index in [1.807, 2.05) is 0 Å². The fourth-order valence-electron chi connectivity index (χ4n) is 2.19. The first-order chi connectivity index (χ1) is 9.65. The SMILES string of the molecule is CCCCCCCCOC(C)[n+]1ccc(N(C)C)cc1.[Cl-]. The Balaban J connectivity index is 0.00000400. The molecule has 1 aromatic rings. The highest BCUT2D eigenvalue weighted by molar-refractivity contribution is 5.41. The lowest BCUT2D eigenvalue weighted by molar-refractivity contribution is -0.758. The van der Waals surface area contributed by atoms with Crippen molar-refractivity contribution in [2.45, 2.75) is 58.6 Å². The minimum absolute atomic E-state index is 0. The largest absolute Gasteiger partial charge is 1.00 e. The Morgan fingerprint density at radius 2 is 1.62 bits per heavy atom. The van der Waals surface area contributed by atoms with Gasteiger partial charge in [0, 0.05) is 38.8 Å². The van der Waals surface area contributed by atoms with Gasteiger partial charge >= 0.3 is 0 Å². The van der Waals surface area contributed by atoms with E-state index in [0.29, 0.717) is 0 Å². The topological polar surface area (TPSA) is 16.4 Å². The summed E-state index contributed by atoms with van der Waals surface area (Å²) >= 11 is 0. The molecule has 0 aliphatic rings. The van der Waals surface area contributed by atoms with Gasteiger partial charge in [0.15, 0.2) is 12.4 Å². The van der Waals surface area contributed by atoms with Gasteiger partial charge in [-0.05, 0) is 6.42 Å². The molecule has 4 heteroatoms. The molecule has 0 aliphatic carbocycles. The average Bonchev–Trinajstić information content (AvgIpc) is 2.46. The van der Waals surface area contributed by atoms with E-state index in [1.165, 1.54) is 44.2 Å².